The molecule has 0 spiro atoms. The smallest absolute Gasteiger partial charge is 0.269 e. The Morgan fingerprint density at radius 1 is 1.25 bits per heavy atom. The van der Waals surface area contributed by atoms with Gasteiger partial charge in [0.05, 0.1) is 17.1 Å². The van der Waals surface area contributed by atoms with Crippen LogP contribution in [0.4, 0.5) is 11.4 Å². The Bertz CT molecular complexity index is 796. The van der Waals surface area contributed by atoms with Crippen LogP contribution in [0.2, 0.25) is 5.02 Å². The number of nitrogens with one attached hydrogen (secondary N) is 1. The average molecular weight is 345 g/mol. The molecule has 1 saturated heterocycles. The molecule has 2 aromatic carbocycles. The number of fused-ring (bicyclic) bond motifs is 3. The Morgan fingerprint density at radius 3 is 2.92 bits per heavy atom. The van der Waals surface area contributed by atoms with E-state index >= 15 is 0 Å². The summed E-state index contributed by atoms with van der Waals surface area (Å²) in [4.78, 5) is 10.7. The molecule has 124 valence electrons. The molecule has 0 bridgehead atoms. The predicted molar refractivity (Wildman–Crippen MR) is 92.3 cm³/mol. The van der Waals surface area contributed by atoms with Crippen molar-refractivity contribution < 1.29 is 9.66 Å². The maximum Gasteiger partial charge on any atom is 0.269 e. The minimum absolute atomic E-state index is 0.0861. The number of non-ortho nitro benzene ring substituents is 1. The van der Waals surface area contributed by atoms with Crippen LogP contribution in [0.15, 0.2) is 42.5 Å². The van der Waals surface area contributed by atoms with Gasteiger partial charge in [0.25, 0.3) is 5.69 Å². The van der Waals surface area contributed by atoms with Crippen molar-refractivity contribution in [3.05, 3.63) is 68.7 Å². The van der Waals surface area contributed by atoms with Crippen LogP contribution < -0.4 is 5.32 Å². The maximum absolute atomic E-state index is 11.1. The number of ether oxygens (including phenoxy) is 1. The van der Waals surface area contributed by atoms with E-state index in [2.05, 4.69) is 11.4 Å². The number of nitrogens with zero attached hydrogens (tertiary/aromatic N) is 1. The largest absolute Gasteiger partial charge is 0.378 e. The third-order valence-electron chi connectivity index (χ3n) is 4.87. The van der Waals surface area contributed by atoms with Gasteiger partial charge in [0.15, 0.2) is 0 Å². The first-order valence-corrected chi connectivity index (χ1v) is 8.43. The van der Waals surface area contributed by atoms with Crippen LogP contribution in [0.25, 0.3) is 0 Å². The summed E-state index contributed by atoms with van der Waals surface area (Å²) in [6.07, 6.45) is 1.88. The first-order chi connectivity index (χ1) is 11.6. The summed E-state index contributed by atoms with van der Waals surface area (Å²) < 4.78 is 6.03. The molecule has 0 aromatic heterocycles. The lowest BCUT2D eigenvalue weighted by molar-refractivity contribution is -0.385. The van der Waals surface area contributed by atoms with Crippen LogP contribution in [0, 0.1) is 16.0 Å². The fraction of sp³-hybridized carbons (Fsp3) is 0.333. The molecule has 0 radical (unpaired) electrons. The van der Waals surface area contributed by atoms with Gasteiger partial charge < -0.3 is 10.1 Å². The lowest BCUT2D eigenvalue weighted by Gasteiger charge is -2.43. The van der Waals surface area contributed by atoms with Gasteiger partial charge in [-0.15, -0.1) is 0 Å². The number of hydrogen-bond donors (Lipinski definition) is 1. The van der Waals surface area contributed by atoms with E-state index in [1.807, 2.05) is 18.2 Å². The zero-order chi connectivity index (χ0) is 16.7. The molecule has 2 aromatic rings. The first-order valence-electron chi connectivity index (χ1n) is 8.05. The molecule has 2 aliphatic rings. The van der Waals surface area contributed by atoms with Crippen LogP contribution in [0.3, 0.4) is 0 Å². The summed E-state index contributed by atoms with van der Waals surface area (Å²) in [7, 11) is 0. The lowest BCUT2D eigenvalue weighted by Crippen LogP contribution is -2.36. The molecular formula is C18H17ClN2O3. The van der Waals surface area contributed by atoms with E-state index in [-0.39, 0.29) is 28.7 Å². The summed E-state index contributed by atoms with van der Waals surface area (Å²) in [6, 6.07) is 12.9. The lowest BCUT2D eigenvalue weighted by atomic mass is 9.77. The standard InChI is InChI=1S/C18H17ClN2O3/c19-12-4-1-3-11(9-12)17-14-5-2-8-24-18(14)15-10-13(21(22)23)6-7-16(15)20-17/h1,3-4,6-7,9-10,14,17-18,20H,2,5,8H2/t14-,17+,18-/m1/s1. The molecule has 1 N–H and O–H groups in total. The Kier molecular flexibility index (Phi) is 3.90. The van der Waals surface area contributed by atoms with Crippen molar-refractivity contribution in [2.45, 2.75) is 25.0 Å². The van der Waals surface area contributed by atoms with E-state index in [0.717, 1.165) is 29.7 Å². The molecule has 0 unspecified atom stereocenters. The van der Waals surface area contributed by atoms with Crippen LogP contribution in [0.1, 0.15) is 36.1 Å². The second kappa shape index (κ2) is 6.07. The minimum Gasteiger partial charge on any atom is -0.378 e. The molecule has 24 heavy (non-hydrogen) atoms. The van der Waals surface area contributed by atoms with Gasteiger partial charge in [-0.2, -0.15) is 0 Å². The summed E-state index contributed by atoms with van der Waals surface area (Å²) in [5, 5.41) is 15.3. The molecule has 1 fully saturated rings. The minimum atomic E-state index is -0.360. The predicted octanol–water partition coefficient (Wildman–Crippen LogP) is 4.88. The number of anilines is 1. The monoisotopic (exact) mass is 344 g/mol. The first kappa shape index (κ1) is 15.4. The molecule has 2 aliphatic heterocycles. The van der Waals surface area contributed by atoms with Crippen LogP contribution in [-0.4, -0.2) is 11.5 Å². The highest BCUT2D eigenvalue weighted by Crippen LogP contribution is 2.49. The maximum atomic E-state index is 11.1. The normalized spacial score (nSPS) is 25.3. The number of benzene rings is 2. The zero-order valence-corrected chi connectivity index (χ0v) is 13.7. The summed E-state index contributed by atoms with van der Waals surface area (Å²) in [5.41, 5.74) is 3.00. The van der Waals surface area contributed by atoms with E-state index in [1.54, 1.807) is 12.1 Å². The number of nitro groups is 1. The topological polar surface area (TPSA) is 64.4 Å². The number of hydrogen-bond acceptors (Lipinski definition) is 4. The highest BCUT2D eigenvalue weighted by atomic mass is 35.5. The Labute approximate surface area is 144 Å². The van der Waals surface area contributed by atoms with Crippen molar-refractivity contribution in [3.63, 3.8) is 0 Å². The third kappa shape index (κ3) is 2.64. The Balaban J connectivity index is 1.78. The Hall–Kier alpha value is -2.11. The van der Waals surface area contributed by atoms with E-state index in [1.165, 1.54) is 6.07 Å². The van der Waals surface area contributed by atoms with Crippen molar-refractivity contribution in [2.75, 3.05) is 11.9 Å². The molecule has 3 atom stereocenters. The highest BCUT2D eigenvalue weighted by Gasteiger charge is 2.40. The number of halogens is 1. The van der Waals surface area contributed by atoms with Gasteiger partial charge in [-0.25, -0.2) is 0 Å². The average Bonchev–Trinajstić information content (AvgIpc) is 2.60. The van der Waals surface area contributed by atoms with Gasteiger partial charge in [0.1, 0.15) is 0 Å². The third-order valence-corrected chi connectivity index (χ3v) is 5.10. The SMILES string of the molecule is O=[N+]([O-])c1ccc2c(c1)[C@@H]1OCCC[C@@H]1[C@H](c1cccc(Cl)c1)N2. The van der Waals surface area contributed by atoms with Crippen molar-refractivity contribution >= 4 is 23.0 Å². The van der Waals surface area contributed by atoms with E-state index < -0.39 is 0 Å². The van der Waals surface area contributed by atoms with Crippen LogP contribution >= 0.6 is 11.6 Å². The van der Waals surface area contributed by atoms with Gasteiger partial charge in [-0.3, -0.25) is 10.1 Å². The van der Waals surface area contributed by atoms with Gasteiger partial charge in [0.2, 0.25) is 0 Å². The van der Waals surface area contributed by atoms with E-state index in [4.69, 9.17) is 16.3 Å². The molecule has 5 nitrogen and oxygen atoms in total. The van der Waals surface area contributed by atoms with Crippen molar-refractivity contribution in [1.82, 2.24) is 0 Å². The number of rotatable bonds is 2. The summed E-state index contributed by atoms with van der Waals surface area (Å²) >= 11 is 6.16. The molecule has 0 aliphatic carbocycles. The van der Waals surface area contributed by atoms with Gasteiger partial charge in [-0.1, -0.05) is 23.7 Å². The zero-order valence-electron chi connectivity index (χ0n) is 12.9. The van der Waals surface area contributed by atoms with Crippen molar-refractivity contribution in [3.8, 4) is 0 Å². The summed E-state index contributed by atoms with van der Waals surface area (Å²) in [5.74, 6) is 0.228. The second-order valence-corrected chi connectivity index (χ2v) is 6.74. The van der Waals surface area contributed by atoms with Crippen LogP contribution in [0.5, 0.6) is 0 Å². The summed E-state index contributed by atoms with van der Waals surface area (Å²) in [6.45, 7) is 0.686. The fourth-order valence-electron chi connectivity index (χ4n) is 3.80. The van der Waals surface area contributed by atoms with Crippen LogP contribution in [-0.2, 0) is 4.74 Å². The fourth-order valence-corrected chi connectivity index (χ4v) is 4.00. The number of nitro benzene ring substituents is 1. The molecule has 2 heterocycles. The van der Waals surface area contributed by atoms with Crippen molar-refractivity contribution in [1.29, 1.82) is 0 Å². The van der Waals surface area contributed by atoms with Gasteiger partial charge >= 0.3 is 0 Å². The van der Waals surface area contributed by atoms with E-state index in [9.17, 15) is 10.1 Å². The second-order valence-electron chi connectivity index (χ2n) is 6.30. The quantitative estimate of drug-likeness (QED) is 0.622. The Morgan fingerprint density at radius 2 is 2.12 bits per heavy atom. The molecular weight excluding hydrogens is 328 g/mol. The van der Waals surface area contributed by atoms with Crippen molar-refractivity contribution in [2.24, 2.45) is 5.92 Å². The molecule has 0 saturated carbocycles. The molecule has 0 amide bonds. The molecule has 6 heteroatoms. The molecule has 4 rings (SSSR count). The van der Waals surface area contributed by atoms with E-state index in [0.29, 0.717) is 11.6 Å². The highest BCUT2D eigenvalue weighted by molar-refractivity contribution is 6.30. The van der Waals surface area contributed by atoms with Gasteiger partial charge in [-0.05, 0) is 36.6 Å². The van der Waals surface area contributed by atoms with Gasteiger partial charge in [0, 0.05) is 40.9 Å².